The molecule has 2 aromatic heterocycles. The van der Waals surface area contributed by atoms with Crippen LogP contribution in [0.2, 0.25) is 5.02 Å². The molecule has 0 bridgehead atoms. The van der Waals surface area contributed by atoms with Gasteiger partial charge in [-0.25, -0.2) is 14.3 Å². The minimum atomic E-state index is -0.509. The van der Waals surface area contributed by atoms with Gasteiger partial charge in [0.05, 0.1) is 6.61 Å². The fraction of sp³-hybridized carbons (Fsp3) is 0.235. The molecule has 0 saturated carbocycles. The average molecular weight is 346 g/mol. The van der Waals surface area contributed by atoms with Gasteiger partial charge in [-0.05, 0) is 31.5 Å². The number of nitrogens with zero attached hydrogens (tertiary/aromatic N) is 2. The monoisotopic (exact) mass is 345 g/mol. The number of aromatic nitrogens is 3. The average Bonchev–Trinajstić information content (AvgIpc) is 2.95. The van der Waals surface area contributed by atoms with Gasteiger partial charge in [0, 0.05) is 28.9 Å². The fourth-order valence-electron chi connectivity index (χ4n) is 2.57. The Bertz CT molecular complexity index is 975. The van der Waals surface area contributed by atoms with E-state index >= 15 is 0 Å². The number of ether oxygens (including phenoxy) is 1. The molecule has 24 heavy (non-hydrogen) atoms. The Balaban J connectivity index is 2.08. The Hall–Kier alpha value is -2.60. The first-order valence-electron chi connectivity index (χ1n) is 7.52. The number of halogens is 1. The minimum absolute atomic E-state index is 0.242. The number of carbonyl (C=O) groups is 1. The molecule has 0 radical (unpaired) electrons. The van der Waals surface area contributed by atoms with Crippen molar-refractivity contribution in [1.29, 1.82) is 0 Å². The van der Waals surface area contributed by atoms with Crippen LogP contribution in [0.25, 0.3) is 5.65 Å². The van der Waals surface area contributed by atoms with Gasteiger partial charge in [-0.3, -0.25) is 9.89 Å². The molecular formula is C17H16ClN3O3. The van der Waals surface area contributed by atoms with Crippen molar-refractivity contribution in [3.05, 3.63) is 68.2 Å². The first-order chi connectivity index (χ1) is 11.5. The van der Waals surface area contributed by atoms with Crippen LogP contribution >= 0.6 is 11.6 Å². The molecule has 0 unspecified atom stereocenters. The van der Waals surface area contributed by atoms with Crippen molar-refractivity contribution in [2.75, 3.05) is 6.61 Å². The van der Waals surface area contributed by atoms with Crippen LogP contribution in [0.3, 0.4) is 0 Å². The van der Waals surface area contributed by atoms with Crippen LogP contribution in [0.5, 0.6) is 0 Å². The molecule has 3 rings (SSSR count). The number of aromatic amines is 1. The van der Waals surface area contributed by atoms with Gasteiger partial charge in [0.15, 0.2) is 5.65 Å². The van der Waals surface area contributed by atoms with Gasteiger partial charge in [-0.2, -0.15) is 0 Å². The molecule has 1 aromatic carbocycles. The molecule has 0 aliphatic carbocycles. The molecule has 1 N–H and O–H groups in total. The third kappa shape index (κ3) is 2.92. The number of hydrogen-bond acceptors (Lipinski definition) is 4. The summed E-state index contributed by atoms with van der Waals surface area (Å²) in [5, 5.41) is 3.39. The Morgan fingerprint density at radius 1 is 1.42 bits per heavy atom. The molecule has 124 valence electrons. The lowest BCUT2D eigenvalue weighted by atomic mass is 10.1. The third-order valence-electron chi connectivity index (χ3n) is 3.73. The standard InChI is InChI=1S/C17H16ClN3O3/c1-3-24-17(23)14-9-19-21-15(14)20-10(2)13(16(21)22)8-11-5-4-6-12(18)7-11/h4-7,9,19H,3,8H2,1-2H3. The maximum absolute atomic E-state index is 12.7. The molecule has 0 amide bonds. The third-order valence-corrected chi connectivity index (χ3v) is 3.96. The second-order valence-corrected chi connectivity index (χ2v) is 5.79. The van der Waals surface area contributed by atoms with Crippen LogP contribution in [0.4, 0.5) is 0 Å². The molecule has 0 atom stereocenters. The number of nitrogens with one attached hydrogen (secondary N) is 1. The Morgan fingerprint density at radius 2 is 2.21 bits per heavy atom. The van der Waals surface area contributed by atoms with Crippen LogP contribution in [-0.4, -0.2) is 27.2 Å². The van der Waals surface area contributed by atoms with Crippen molar-refractivity contribution in [1.82, 2.24) is 14.6 Å². The highest BCUT2D eigenvalue weighted by Crippen LogP contribution is 2.16. The van der Waals surface area contributed by atoms with E-state index in [1.165, 1.54) is 10.7 Å². The van der Waals surface area contributed by atoms with Crippen molar-refractivity contribution in [3.63, 3.8) is 0 Å². The van der Waals surface area contributed by atoms with E-state index in [4.69, 9.17) is 16.3 Å². The molecule has 0 fully saturated rings. The molecule has 0 aliphatic heterocycles. The van der Waals surface area contributed by atoms with Gasteiger partial charge in [-0.15, -0.1) is 0 Å². The number of carbonyl (C=O) groups excluding carboxylic acids is 1. The van der Waals surface area contributed by atoms with E-state index in [0.29, 0.717) is 22.7 Å². The summed E-state index contributed by atoms with van der Waals surface area (Å²) in [5.41, 5.74) is 2.31. The van der Waals surface area contributed by atoms with E-state index in [1.807, 2.05) is 18.2 Å². The van der Waals surface area contributed by atoms with Crippen molar-refractivity contribution in [3.8, 4) is 0 Å². The maximum atomic E-state index is 12.7. The number of aryl methyl sites for hydroxylation is 1. The van der Waals surface area contributed by atoms with E-state index in [9.17, 15) is 9.59 Å². The summed E-state index contributed by atoms with van der Waals surface area (Å²) in [6.45, 7) is 3.73. The number of esters is 1. The fourth-order valence-corrected chi connectivity index (χ4v) is 2.78. The summed E-state index contributed by atoms with van der Waals surface area (Å²) in [5.74, 6) is -0.509. The quantitative estimate of drug-likeness (QED) is 0.738. The largest absolute Gasteiger partial charge is 0.462 e. The van der Waals surface area contributed by atoms with Crippen molar-refractivity contribution in [2.24, 2.45) is 0 Å². The van der Waals surface area contributed by atoms with Crippen LogP contribution in [0.15, 0.2) is 35.3 Å². The molecular weight excluding hydrogens is 330 g/mol. The topological polar surface area (TPSA) is 76.5 Å². The van der Waals surface area contributed by atoms with Gasteiger partial charge < -0.3 is 4.74 Å². The summed E-state index contributed by atoms with van der Waals surface area (Å²) in [7, 11) is 0. The summed E-state index contributed by atoms with van der Waals surface area (Å²) >= 11 is 6.00. The Kier molecular flexibility index (Phi) is 4.40. The molecule has 2 heterocycles. The predicted octanol–water partition coefficient (Wildman–Crippen LogP) is 2.75. The Morgan fingerprint density at radius 3 is 2.92 bits per heavy atom. The van der Waals surface area contributed by atoms with Crippen LogP contribution in [0, 0.1) is 6.92 Å². The number of H-pyrrole nitrogens is 1. The first kappa shape index (κ1) is 16.3. The highest BCUT2D eigenvalue weighted by atomic mass is 35.5. The molecule has 6 nitrogen and oxygen atoms in total. The highest BCUT2D eigenvalue weighted by Gasteiger charge is 2.19. The maximum Gasteiger partial charge on any atom is 0.343 e. The van der Waals surface area contributed by atoms with Crippen molar-refractivity contribution in [2.45, 2.75) is 20.3 Å². The van der Waals surface area contributed by atoms with Crippen LogP contribution in [0.1, 0.15) is 34.1 Å². The lowest BCUT2D eigenvalue weighted by Gasteiger charge is -2.07. The number of benzene rings is 1. The van der Waals surface area contributed by atoms with E-state index < -0.39 is 5.97 Å². The van der Waals surface area contributed by atoms with Crippen LogP contribution in [-0.2, 0) is 11.2 Å². The Labute approximate surface area is 143 Å². The molecule has 7 heteroatoms. The van der Waals surface area contributed by atoms with Gasteiger partial charge in [0.1, 0.15) is 5.56 Å². The molecule has 3 aromatic rings. The number of rotatable bonds is 4. The molecule has 0 spiro atoms. The summed E-state index contributed by atoms with van der Waals surface area (Å²) < 4.78 is 6.25. The van der Waals surface area contributed by atoms with E-state index in [1.54, 1.807) is 19.9 Å². The minimum Gasteiger partial charge on any atom is -0.462 e. The lowest BCUT2D eigenvalue weighted by Crippen LogP contribution is -2.22. The van der Waals surface area contributed by atoms with Crippen LogP contribution < -0.4 is 5.56 Å². The first-order valence-corrected chi connectivity index (χ1v) is 7.90. The second-order valence-electron chi connectivity index (χ2n) is 5.35. The summed E-state index contributed by atoms with van der Waals surface area (Å²) in [6, 6.07) is 7.33. The summed E-state index contributed by atoms with van der Waals surface area (Å²) in [4.78, 5) is 29.1. The zero-order valence-electron chi connectivity index (χ0n) is 13.3. The molecule has 0 aliphatic rings. The molecule has 0 saturated heterocycles. The summed E-state index contributed by atoms with van der Waals surface area (Å²) in [6.07, 6.45) is 1.85. The second kappa shape index (κ2) is 6.49. The van der Waals surface area contributed by atoms with Crippen molar-refractivity contribution >= 4 is 23.2 Å². The smallest absolute Gasteiger partial charge is 0.343 e. The lowest BCUT2D eigenvalue weighted by molar-refractivity contribution is 0.0528. The number of fused-ring (bicyclic) bond motifs is 1. The zero-order chi connectivity index (χ0) is 17.3. The SMILES string of the molecule is CCOC(=O)c1c[nH]n2c(=O)c(Cc3cccc(Cl)c3)c(C)nc12. The van der Waals surface area contributed by atoms with E-state index in [2.05, 4.69) is 10.1 Å². The predicted molar refractivity (Wildman–Crippen MR) is 90.8 cm³/mol. The number of hydrogen-bond donors (Lipinski definition) is 1. The van der Waals surface area contributed by atoms with Gasteiger partial charge in [0.2, 0.25) is 0 Å². The van der Waals surface area contributed by atoms with Gasteiger partial charge in [-0.1, -0.05) is 23.7 Å². The van der Waals surface area contributed by atoms with E-state index in [-0.39, 0.29) is 23.4 Å². The van der Waals surface area contributed by atoms with Crippen molar-refractivity contribution < 1.29 is 9.53 Å². The normalized spacial score (nSPS) is 11.0. The zero-order valence-corrected chi connectivity index (χ0v) is 14.1. The highest BCUT2D eigenvalue weighted by molar-refractivity contribution is 6.30. The van der Waals surface area contributed by atoms with Gasteiger partial charge in [0.25, 0.3) is 5.56 Å². The van der Waals surface area contributed by atoms with E-state index in [0.717, 1.165) is 5.56 Å². The van der Waals surface area contributed by atoms with Gasteiger partial charge >= 0.3 is 5.97 Å².